The lowest BCUT2D eigenvalue weighted by atomic mass is 10.0. The van der Waals surface area contributed by atoms with Crippen LogP contribution < -0.4 is 10.6 Å². The Hall–Kier alpha value is -2.37. The van der Waals surface area contributed by atoms with Crippen molar-refractivity contribution in [2.45, 2.75) is 78.3 Å². The summed E-state index contributed by atoms with van der Waals surface area (Å²) in [5.74, 6) is -0.690. The molecule has 0 aliphatic rings. The number of carbonyl (C=O) groups excluding carboxylic acids is 3. The van der Waals surface area contributed by atoms with Crippen LogP contribution >= 0.6 is 0 Å². The van der Waals surface area contributed by atoms with E-state index in [0.29, 0.717) is 19.3 Å². The molecule has 1 rings (SSSR count). The monoisotopic (exact) mass is 404 g/mol. The smallest absolute Gasteiger partial charge is 0.328 e. The molecule has 2 amide bonds. The number of esters is 1. The highest BCUT2D eigenvalue weighted by Crippen LogP contribution is 2.09. The quantitative estimate of drug-likeness (QED) is 0.390. The zero-order chi connectivity index (χ0) is 21.6. The first kappa shape index (κ1) is 24.7. The van der Waals surface area contributed by atoms with Gasteiger partial charge in [-0.2, -0.15) is 0 Å². The maximum atomic E-state index is 12.7. The van der Waals surface area contributed by atoms with Gasteiger partial charge in [-0.25, -0.2) is 4.79 Å². The third-order valence-electron chi connectivity index (χ3n) is 4.62. The number of benzene rings is 1. The van der Waals surface area contributed by atoms with Crippen molar-refractivity contribution >= 4 is 17.8 Å². The van der Waals surface area contributed by atoms with Crippen molar-refractivity contribution in [3.05, 3.63) is 35.9 Å². The van der Waals surface area contributed by atoms with Crippen LogP contribution in [0.1, 0.15) is 65.4 Å². The van der Waals surface area contributed by atoms with Gasteiger partial charge in [0.2, 0.25) is 11.8 Å². The molecule has 1 aromatic carbocycles. The first-order chi connectivity index (χ1) is 13.9. The van der Waals surface area contributed by atoms with Crippen LogP contribution in [0, 0.1) is 5.92 Å². The SMILES string of the molecule is CCOC(=O)[C@H](CC)NC(=O)[C@H](CC(C)C)NC(=O)CCCCc1ccccc1. The van der Waals surface area contributed by atoms with Gasteiger partial charge in [-0.1, -0.05) is 51.1 Å². The van der Waals surface area contributed by atoms with Gasteiger partial charge >= 0.3 is 5.97 Å². The second kappa shape index (κ2) is 13.7. The number of nitrogens with one attached hydrogen (secondary N) is 2. The third kappa shape index (κ3) is 10.1. The molecule has 0 aliphatic heterocycles. The second-order valence-electron chi connectivity index (χ2n) is 7.66. The largest absolute Gasteiger partial charge is 0.464 e. The number of ether oxygens (including phenoxy) is 1. The molecule has 6 heteroatoms. The van der Waals surface area contributed by atoms with E-state index in [1.807, 2.05) is 39.0 Å². The molecule has 29 heavy (non-hydrogen) atoms. The number of unbranched alkanes of at least 4 members (excludes halogenated alkanes) is 1. The van der Waals surface area contributed by atoms with E-state index in [2.05, 4.69) is 22.8 Å². The highest BCUT2D eigenvalue weighted by molar-refractivity contribution is 5.90. The fraction of sp³-hybridized carbons (Fsp3) is 0.609. The fourth-order valence-electron chi connectivity index (χ4n) is 3.07. The van der Waals surface area contributed by atoms with Crippen molar-refractivity contribution < 1.29 is 19.1 Å². The summed E-state index contributed by atoms with van der Waals surface area (Å²) in [5.41, 5.74) is 1.26. The van der Waals surface area contributed by atoms with Crippen molar-refractivity contribution in [3.63, 3.8) is 0 Å². The van der Waals surface area contributed by atoms with E-state index in [0.717, 1.165) is 19.3 Å². The standard InChI is InChI=1S/C23H36N2O4/c1-5-19(23(28)29-6-2)25-22(27)20(16-17(3)4)24-21(26)15-11-10-14-18-12-8-7-9-13-18/h7-9,12-13,17,19-20H,5-6,10-11,14-16H2,1-4H3,(H,24,26)(H,25,27)/t19-,20-/m0/s1. The van der Waals surface area contributed by atoms with E-state index in [4.69, 9.17) is 4.74 Å². The van der Waals surface area contributed by atoms with Crippen molar-refractivity contribution in [1.29, 1.82) is 0 Å². The van der Waals surface area contributed by atoms with Crippen LogP contribution in [0.2, 0.25) is 0 Å². The van der Waals surface area contributed by atoms with Gasteiger partial charge in [-0.3, -0.25) is 9.59 Å². The Morgan fingerprint density at radius 3 is 2.24 bits per heavy atom. The Morgan fingerprint density at radius 1 is 0.966 bits per heavy atom. The predicted molar refractivity (Wildman–Crippen MR) is 114 cm³/mol. The van der Waals surface area contributed by atoms with Crippen LogP contribution in [0.3, 0.4) is 0 Å². The van der Waals surface area contributed by atoms with Gasteiger partial charge in [0.1, 0.15) is 12.1 Å². The Bertz CT molecular complexity index is 631. The normalized spacial score (nSPS) is 12.9. The summed E-state index contributed by atoms with van der Waals surface area (Å²) >= 11 is 0. The highest BCUT2D eigenvalue weighted by Gasteiger charge is 2.26. The molecule has 2 atom stereocenters. The molecule has 0 bridgehead atoms. The molecule has 0 aliphatic carbocycles. The molecular formula is C23H36N2O4. The lowest BCUT2D eigenvalue weighted by Crippen LogP contribution is -2.52. The average Bonchev–Trinajstić information content (AvgIpc) is 2.69. The lowest BCUT2D eigenvalue weighted by molar-refractivity contribution is -0.147. The van der Waals surface area contributed by atoms with Crippen LogP contribution in [-0.4, -0.2) is 36.5 Å². The van der Waals surface area contributed by atoms with E-state index in [9.17, 15) is 14.4 Å². The molecule has 0 saturated carbocycles. The summed E-state index contributed by atoms with van der Waals surface area (Å²) in [7, 11) is 0. The molecule has 0 spiro atoms. The Morgan fingerprint density at radius 2 is 1.66 bits per heavy atom. The number of carbonyl (C=O) groups is 3. The summed E-state index contributed by atoms with van der Waals surface area (Å²) in [6, 6.07) is 8.82. The van der Waals surface area contributed by atoms with Crippen LogP contribution in [-0.2, 0) is 25.5 Å². The minimum Gasteiger partial charge on any atom is -0.464 e. The van der Waals surface area contributed by atoms with Crippen LogP contribution in [0.4, 0.5) is 0 Å². The van der Waals surface area contributed by atoms with Gasteiger partial charge in [0.05, 0.1) is 6.61 Å². The molecule has 6 nitrogen and oxygen atoms in total. The van der Waals surface area contributed by atoms with E-state index in [1.54, 1.807) is 6.92 Å². The van der Waals surface area contributed by atoms with Crippen molar-refractivity contribution in [2.24, 2.45) is 5.92 Å². The molecule has 0 saturated heterocycles. The van der Waals surface area contributed by atoms with Gasteiger partial charge in [0, 0.05) is 6.42 Å². The molecule has 0 aromatic heterocycles. The average molecular weight is 405 g/mol. The molecule has 0 radical (unpaired) electrons. The first-order valence-corrected chi connectivity index (χ1v) is 10.7. The molecule has 0 heterocycles. The van der Waals surface area contributed by atoms with E-state index >= 15 is 0 Å². The summed E-state index contributed by atoms with van der Waals surface area (Å²) in [4.78, 5) is 37.0. The molecular weight excluding hydrogens is 368 g/mol. The number of amides is 2. The van der Waals surface area contributed by atoms with Crippen molar-refractivity contribution in [3.8, 4) is 0 Å². The Balaban J connectivity index is 2.52. The predicted octanol–water partition coefficient (Wildman–Crippen LogP) is 3.39. The number of aryl methyl sites for hydroxylation is 1. The zero-order valence-electron chi connectivity index (χ0n) is 18.2. The Kier molecular flexibility index (Phi) is 11.7. The summed E-state index contributed by atoms with van der Waals surface area (Å²) in [6.07, 6.45) is 3.94. The number of rotatable bonds is 13. The maximum absolute atomic E-state index is 12.7. The van der Waals surface area contributed by atoms with Crippen LogP contribution in [0.15, 0.2) is 30.3 Å². The van der Waals surface area contributed by atoms with Gasteiger partial charge in [-0.05, 0) is 50.5 Å². The molecule has 1 aromatic rings. The number of hydrogen-bond acceptors (Lipinski definition) is 4. The van der Waals surface area contributed by atoms with Gasteiger partial charge < -0.3 is 15.4 Å². The van der Waals surface area contributed by atoms with Crippen molar-refractivity contribution in [2.75, 3.05) is 6.61 Å². The molecule has 162 valence electrons. The minimum absolute atomic E-state index is 0.136. The lowest BCUT2D eigenvalue weighted by Gasteiger charge is -2.23. The van der Waals surface area contributed by atoms with Gasteiger partial charge in [0.25, 0.3) is 0 Å². The first-order valence-electron chi connectivity index (χ1n) is 10.7. The summed E-state index contributed by atoms with van der Waals surface area (Å²) in [5, 5.41) is 5.57. The minimum atomic E-state index is -0.695. The summed E-state index contributed by atoms with van der Waals surface area (Å²) in [6.45, 7) is 7.79. The van der Waals surface area contributed by atoms with Gasteiger partial charge in [-0.15, -0.1) is 0 Å². The van der Waals surface area contributed by atoms with E-state index < -0.39 is 18.1 Å². The second-order valence-corrected chi connectivity index (χ2v) is 7.66. The molecule has 0 fully saturated rings. The molecule has 0 unspecified atom stereocenters. The molecule has 2 N–H and O–H groups in total. The highest BCUT2D eigenvalue weighted by atomic mass is 16.5. The van der Waals surface area contributed by atoms with Crippen molar-refractivity contribution in [1.82, 2.24) is 10.6 Å². The fourth-order valence-corrected chi connectivity index (χ4v) is 3.07. The van der Waals surface area contributed by atoms with Crippen LogP contribution in [0.25, 0.3) is 0 Å². The third-order valence-corrected chi connectivity index (χ3v) is 4.62. The van der Waals surface area contributed by atoms with E-state index in [-0.39, 0.29) is 24.3 Å². The van der Waals surface area contributed by atoms with Gasteiger partial charge in [0.15, 0.2) is 0 Å². The topological polar surface area (TPSA) is 84.5 Å². The summed E-state index contributed by atoms with van der Waals surface area (Å²) < 4.78 is 5.00. The Labute approximate surface area is 174 Å². The van der Waals surface area contributed by atoms with Crippen LogP contribution in [0.5, 0.6) is 0 Å². The van der Waals surface area contributed by atoms with E-state index in [1.165, 1.54) is 5.56 Å². The maximum Gasteiger partial charge on any atom is 0.328 e. The number of hydrogen-bond donors (Lipinski definition) is 2. The zero-order valence-corrected chi connectivity index (χ0v) is 18.2.